The van der Waals surface area contributed by atoms with Crippen molar-refractivity contribution < 1.29 is 9.53 Å². The van der Waals surface area contributed by atoms with Gasteiger partial charge >= 0.3 is 0 Å². The van der Waals surface area contributed by atoms with E-state index in [1.165, 1.54) is 6.08 Å². The number of carbonyl (C=O) groups is 1. The molecule has 0 atom stereocenters. The first-order valence-electron chi connectivity index (χ1n) is 5.47. The minimum Gasteiger partial charge on any atom is -0.378 e. The van der Waals surface area contributed by atoms with Gasteiger partial charge in [-0.05, 0) is 6.08 Å². The second kappa shape index (κ2) is 5.79. The Labute approximate surface area is 104 Å². The van der Waals surface area contributed by atoms with Crippen LogP contribution in [0.1, 0.15) is 4.88 Å². The number of anilines is 1. The molecule has 0 bridgehead atoms. The maximum Gasteiger partial charge on any atom is 0.243 e. The number of amides is 1. The van der Waals surface area contributed by atoms with Gasteiger partial charge < -0.3 is 15.0 Å². The van der Waals surface area contributed by atoms with Gasteiger partial charge in [-0.1, -0.05) is 6.58 Å². The summed E-state index contributed by atoms with van der Waals surface area (Å²) in [7, 11) is 0. The molecule has 5 nitrogen and oxygen atoms in total. The summed E-state index contributed by atoms with van der Waals surface area (Å²) in [6.07, 6.45) is 3.07. The summed E-state index contributed by atoms with van der Waals surface area (Å²) in [5, 5.41) is 3.73. The quantitative estimate of drug-likeness (QED) is 0.806. The van der Waals surface area contributed by atoms with Gasteiger partial charge in [-0.3, -0.25) is 4.79 Å². The third-order valence-corrected chi connectivity index (χ3v) is 3.50. The molecule has 0 spiro atoms. The lowest BCUT2D eigenvalue weighted by Crippen LogP contribution is -2.36. The van der Waals surface area contributed by atoms with E-state index in [0.717, 1.165) is 36.3 Å². The summed E-state index contributed by atoms with van der Waals surface area (Å²) in [5.41, 5.74) is 0. The Hall–Kier alpha value is -1.40. The topological polar surface area (TPSA) is 54.5 Å². The first kappa shape index (κ1) is 12.1. The summed E-state index contributed by atoms with van der Waals surface area (Å²) in [6, 6.07) is 0. The van der Waals surface area contributed by atoms with E-state index in [4.69, 9.17) is 4.74 Å². The fraction of sp³-hybridized carbons (Fsp3) is 0.455. The molecule has 1 fully saturated rings. The van der Waals surface area contributed by atoms with E-state index in [2.05, 4.69) is 21.8 Å². The van der Waals surface area contributed by atoms with Gasteiger partial charge in [0.1, 0.15) is 0 Å². The first-order chi connectivity index (χ1) is 8.29. The van der Waals surface area contributed by atoms with Crippen LogP contribution in [-0.2, 0) is 16.1 Å². The molecule has 2 heterocycles. The molecule has 0 saturated carbocycles. The van der Waals surface area contributed by atoms with Gasteiger partial charge in [0.05, 0.1) is 19.8 Å². The highest BCUT2D eigenvalue weighted by atomic mass is 32.1. The molecule has 0 aromatic carbocycles. The van der Waals surface area contributed by atoms with Crippen LogP contribution in [0, 0.1) is 0 Å². The van der Waals surface area contributed by atoms with Crippen LogP contribution in [0.2, 0.25) is 0 Å². The summed E-state index contributed by atoms with van der Waals surface area (Å²) in [5.74, 6) is -0.161. The maximum absolute atomic E-state index is 11.0. The van der Waals surface area contributed by atoms with Crippen molar-refractivity contribution in [3.8, 4) is 0 Å². The number of rotatable bonds is 4. The molecule has 1 aliphatic heterocycles. The summed E-state index contributed by atoms with van der Waals surface area (Å²) < 4.78 is 5.29. The van der Waals surface area contributed by atoms with E-state index >= 15 is 0 Å². The van der Waals surface area contributed by atoms with E-state index in [1.54, 1.807) is 17.5 Å². The predicted molar refractivity (Wildman–Crippen MR) is 67.2 cm³/mol. The number of nitrogens with zero attached hydrogens (tertiary/aromatic N) is 2. The third-order valence-electron chi connectivity index (χ3n) is 2.45. The van der Waals surface area contributed by atoms with Crippen molar-refractivity contribution in [3.05, 3.63) is 23.7 Å². The minimum absolute atomic E-state index is 0.161. The summed E-state index contributed by atoms with van der Waals surface area (Å²) >= 11 is 1.60. The number of hydrogen-bond donors (Lipinski definition) is 1. The number of nitrogens with one attached hydrogen (secondary N) is 1. The molecule has 1 saturated heterocycles. The first-order valence-corrected chi connectivity index (χ1v) is 6.29. The van der Waals surface area contributed by atoms with Crippen molar-refractivity contribution >= 4 is 22.4 Å². The Morgan fingerprint density at radius 2 is 2.41 bits per heavy atom. The van der Waals surface area contributed by atoms with Gasteiger partial charge in [0, 0.05) is 24.2 Å². The Kier molecular flexibility index (Phi) is 4.11. The summed E-state index contributed by atoms with van der Waals surface area (Å²) in [4.78, 5) is 18.6. The van der Waals surface area contributed by atoms with Crippen molar-refractivity contribution in [3.63, 3.8) is 0 Å². The average molecular weight is 253 g/mol. The molecule has 0 radical (unpaired) electrons. The molecule has 1 amide bonds. The zero-order valence-electron chi connectivity index (χ0n) is 9.52. The second-order valence-corrected chi connectivity index (χ2v) is 4.72. The van der Waals surface area contributed by atoms with Crippen LogP contribution in [-0.4, -0.2) is 37.2 Å². The number of aromatic nitrogens is 1. The number of morpholine rings is 1. The number of ether oxygens (including phenoxy) is 1. The van der Waals surface area contributed by atoms with E-state index in [-0.39, 0.29) is 5.91 Å². The zero-order valence-corrected chi connectivity index (χ0v) is 10.3. The third kappa shape index (κ3) is 3.28. The molecule has 92 valence electrons. The fourth-order valence-electron chi connectivity index (χ4n) is 1.53. The van der Waals surface area contributed by atoms with Crippen molar-refractivity contribution in [2.24, 2.45) is 0 Å². The smallest absolute Gasteiger partial charge is 0.243 e. The average Bonchev–Trinajstić information content (AvgIpc) is 2.86. The minimum atomic E-state index is -0.161. The highest BCUT2D eigenvalue weighted by molar-refractivity contribution is 7.15. The molecule has 0 aliphatic carbocycles. The van der Waals surface area contributed by atoms with E-state index in [0.29, 0.717) is 6.54 Å². The van der Waals surface area contributed by atoms with Crippen LogP contribution in [0.3, 0.4) is 0 Å². The van der Waals surface area contributed by atoms with E-state index < -0.39 is 0 Å². The molecule has 6 heteroatoms. The molecule has 0 unspecified atom stereocenters. The number of carbonyl (C=O) groups excluding carboxylic acids is 1. The normalized spacial score (nSPS) is 15.6. The lowest BCUT2D eigenvalue weighted by molar-refractivity contribution is -0.116. The van der Waals surface area contributed by atoms with Crippen LogP contribution in [0.25, 0.3) is 0 Å². The summed E-state index contributed by atoms with van der Waals surface area (Å²) in [6.45, 7) is 7.18. The molecule has 1 N–H and O–H groups in total. The Balaban J connectivity index is 1.90. The largest absolute Gasteiger partial charge is 0.378 e. The molecular weight excluding hydrogens is 238 g/mol. The Morgan fingerprint density at radius 3 is 3.12 bits per heavy atom. The zero-order chi connectivity index (χ0) is 12.1. The Bertz CT molecular complexity index is 399. The molecule has 1 aromatic heterocycles. The van der Waals surface area contributed by atoms with E-state index in [1.807, 2.05) is 0 Å². The van der Waals surface area contributed by atoms with Crippen LogP contribution in [0.4, 0.5) is 5.13 Å². The van der Waals surface area contributed by atoms with Crippen molar-refractivity contribution in [2.45, 2.75) is 6.54 Å². The van der Waals surface area contributed by atoms with Gasteiger partial charge in [-0.15, -0.1) is 11.3 Å². The molecular formula is C11H15N3O2S. The highest BCUT2D eigenvalue weighted by Gasteiger charge is 2.14. The molecule has 1 aromatic rings. The number of thiazole rings is 1. The fourth-order valence-corrected chi connectivity index (χ4v) is 2.43. The van der Waals surface area contributed by atoms with E-state index in [9.17, 15) is 4.79 Å². The Morgan fingerprint density at radius 1 is 1.65 bits per heavy atom. The van der Waals surface area contributed by atoms with Gasteiger partial charge in [-0.25, -0.2) is 4.98 Å². The monoisotopic (exact) mass is 253 g/mol. The van der Waals surface area contributed by atoms with Gasteiger partial charge in [0.15, 0.2) is 5.13 Å². The SMILES string of the molecule is C=CC(=O)NCc1cnc(N2CCOCC2)s1. The van der Waals surface area contributed by atoms with Gasteiger partial charge in [-0.2, -0.15) is 0 Å². The van der Waals surface area contributed by atoms with Gasteiger partial charge in [0.25, 0.3) is 0 Å². The van der Waals surface area contributed by atoms with Crippen LogP contribution in [0.5, 0.6) is 0 Å². The van der Waals surface area contributed by atoms with Gasteiger partial charge in [0.2, 0.25) is 5.91 Å². The number of hydrogen-bond acceptors (Lipinski definition) is 5. The maximum atomic E-state index is 11.0. The molecule has 1 aliphatic rings. The lowest BCUT2D eigenvalue weighted by Gasteiger charge is -2.25. The van der Waals surface area contributed by atoms with Crippen LogP contribution < -0.4 is 10.2 Å². The van der Waals surface area contributed by atoms with Crippen LogP contribution in [0.15, 0.2) is 18.9 Å². The van der Waals surface area contributed by atoms with Crippen molar-refractivity contribution in [1.29, 1.82) is 0 Å². The standard InChI is InChI=1S/C11H15N3O2S/c1-2-10(15)12-7-9-8-13-11(17-9)14-3-5-16-6-4-14/h2,8H,1,3-7H2,(H,12,15). The predicted octanol–water partition coefficient (Wildman–Crippen LogP) is 0.782. The molecule has 17 heavy (non-hydrogen) atoms. The highest BCUT2D eigenvalue weighted by Crippen LogP contribution is 2.22. The second-order valence-electron chi connectivity index (χ2n) is 3.63. The van der Waals surface area contributed by atoms with Crippen molar-refractivity contribution in [1.82, 2.24) is 10.3 Å². The van der Waals surface area contributed by atoms with Crippen molar-refractivity contribution in [2.75, 3.05) is 31.2 Å². The van der Waals surface area contributed by atoms with Crippen LogP contribution >= 0.6 is 11.3 Å². The molecule has 2 rings (SSSR count). The lowest BCUT2D eigenvalue weighted by atomic mass is 10.5.